The summed E-state index contributed by atoms with van der Waals surface area (Å²) in [5.74, 6) is 0. The van der Waals surface area contributed by atoms with Gasteiger partial charge in [-0.2, -0.15) is 0 Å². The van der Waals surface area contributed by atoms with Gasteiger partial charge in [0.2, 0.25) is 0 Å². The minimum atomic E-state index is -1.26. The van der Waals surface area contributed by atoms with Crippen molar-refractivity contribution < 1.29 is 24.9 Å². The first-order valence-electron chi connectivity index (χ1n) is 8.45. The van der Waals surface area contributed by atoms with Crippen LogP contribution in [-0.2, 0) is 0 Å². The minimum absolute atomic E-state index is 0.380. The summed E-state index contributed by atoms with van der Waals surface area (Å²) in [6, 6.07) is 0. The summed E-state index contributed by atoms with van der Waals surface area (Å²) in [5.41, 5.74) is 0. The maximum absolute atomic E-state index is 9.94. The molecule has 1 saturated heterocycles. The molecule has 0 aromatic heterocycles. The molecule has 1 heterocycles. The number of aliphatic hydroxyl groups excluding tert-OH is 4. The van der Waals surface area contributed by atoms with Crippen LogP contribution < -0.4 is 0 Å². The molecule has 1 fully saturated rings. The van der Waals surface area contributed by atoms with Crippen LogP contribution in [0.1, 0.15) is 51.9 Å². The van der Waals surface area contributed by atoms with Gasteiger partial charge in [-0.25, -0.2) is 0 Å². The Kier molecular flexibility index (Phi) is 8.13. The normalized spacial score (nSPS) is 37.4. The van der Waals surface area contributed by atoms with E-state index in [4.69, 9.17) is 0 Å². The summed E-state index contributed by atoms with van der Waals surface area (Å²) in [6.45, 7) is 3.83. The highest BCUT2D eigenvalue weighted by atomic mass is 16.4. The first-order chi connectivity index (χ1) is 9.89. The molecule has 1 rings (SSSR count). The van der Waals surface area contributed by atoms with E-state index in [1.165, 1.54) is 32.1 Å². The molecule has 1 aliphatic rings. The SMILES string of the molecule is CCCCCCCCC[N+]1(C)C[C@@H](O)[C@@H](O)[C@H](O)[C@@H](O)C1. The number of aliphatic hydroxyl groups is 4. The van der Waals surface area contributed by atoms with E-state index in [-0.39, 0.29) is 0 Å². The third kappa shape index (κ3) is 6.20. The molecule has 5 nitrogen and oxygen atoms in total. The van der Waals surface area contributed by atoms with E-state index in [9.17, 15) is 20.4 Å². The number of quaternary nitrogens is 1. The van der Waals surface area contributed by atoms with Gasteiger partial charge in [0.05, 0.1) is 13.6 Å². The van der Waals surface area contributed by atoms with Crippen LogP contribution in [0.15, 0.2) is 0 Å². The van der Waals surface area contributed by atoms with E-state index >= 15 is 0 Å². The molecule has 0 aromatic carbocycles. The Labute approximate surface area is 128 Å². The molecule has 4 N–H and O–H groups in total. The highest BCUT2D eigenvalue weighted by Crippen LogP contribution is 2.20. The number of likely N-dealkylation sites (N-methyl/N-ethyl adjacent to an activating group) is 1. The van der Waals surface area contributed by atoms with E-state index in [2.05, 4.69) is 6.92 Å². The maximum Gasteiger partial charge on any atom is 0.131 e. The van der Waals surface area contributed by atoms with Gasteiger partial charge in [-0.15, -0.1) is 0 Å². The van der Waals surface area contributed by atoms with E-state index in [0.29, 0.717) is 17.6 Å². The van der Waals surface area contributed by atoms with Crippen LogP contribution in [0.2, 0.25) is 0 Å². The van der Waals surface area contributed by atoms with Gasteiger partial charge in [0.1, 0.15) is 37.5 Å². The van der Waals surface area contributed by atoms with E-state index in [1.54, 1.807) is 0 Å². The molecule has 0 bridgehead atoms. The zero-order chi connectivity index (χ0) is 15.9. The highest BCUT2D eigenvalue weighted by Gasteiger charge is 2.42. The molecule has 0 saturated carbocycles. The fourth-order valence-corrected chi connectivity index (χ4v) is 3.28. The molecule has 0 aromatic rings. The van der Waals surface area contributed by atoms with Gasteiger partial charge in [-0.1, -0.05) is 39.0 Å². The Morgan fingerprint density at radius 1 is 0.762 bits per heavy atom. The number of unbranched alkanes of at least 4 members (excludes halogenated alkanes) is 6. The second-order valence-electron chi connectivity index (χ2n) is 6.95. The van der Waals surface area contributed by atoms with Gasteiger partial charge in [-0.3, -0.25) is 0 Å². The van der Waals surface area contributed by atoms with E-state index < -0.39 is 24.4 Å². The smallest absolute Gasteiger partial charge is 0.131 e. The van der Waals surface area contributed by atoms with Crippen molar-refractivity contribution in [2.45, 2.75) is 76.3 Å². The Hall–Kier alpha value is -0.200. The fourth-order valence-electron chi connectivity index (χ4n) is 3.28. The lowest BCUT2D eigenvalue weighted by Crippen LogP contribution is -2.52. The van der Waals surface area contributed by atoms with Crippen molar-refractivity contribution in [3.63, 3.8) is 0 Å². The zero-order valence-electron chi connectivity index (χ0n) is 13.6. The third-order valence-corrected chi connectivity index (χ3v) is 4.70. The molecule has 1 unspecified atom stereocenters. The molecule has 5 atom stereocenters. The molecule has 0 aliphatic carbocycles. The standard InChI is InChI=1S/C16H34NO4/c1-3-4-5-6-7-8-9-10-17(2)11-13(18)15(20)16(21)14(19)12-17/h13-16,18-21H,3-12H2,1-2H3/q+1/t13-,14+,15-,16-,17?/m1/s1. The molecule has 0 spiro atoms. The largest absolute Gasteiger partial charge is 0.387 e. The molecule has 0 radical (unpaired) electrons. The summed E-state index contributed by atoms with van der Waals surface area (Å²) >= 11 is 0. The van der Waals surface area contributed by atoms with Gasteiger partial charge >= 0.3 is 0 Å². The molecule has 21 heavy (non-hydrogen) atoms. The summed E-state index contributed by atoms with van der Waals surface area (Å²) in [6.07, 6.45) is 4.12. The summed E-state index contributed by atoms with van der Waals surface area (Å²) in [4.78, 5) is 0. The Morgan fingerprint density at radius 3 is 1.67 bits per heavy atom. The van der Waals surface area contributed by atoms with Crippen LogP contribution in [0, 0.1) is 0 Å². The lowest BCUT2D eigenvalue weighted by Gasteiger charge is -2.35. The van der Waals surface area contributed by atoms with Crippen LogP contribution in [0.3, 0.4) is 0 Å². The number of likely N-dealkylation sites (tertiary alicyclic amines) is 1. The van der Waals surface area contributed by atoms with Crippen LogP contribution in [0.25, 0.3) is 0 Å². The topological polar surface area (TPSA) is 80.9 Å². The van der Waals surface area contributed by atoms with Gasteiger partial charge in [0.15, 0.2) is 0 Å². The molecule has 5 heteroatoms. The lowest BCUT2D eigenvalue weighted by molar-refractivity contribution is -0.914. The van der Waals surface area contributed by atoms with Crippen molar-refractivity contribution in [1.29, 1.82) is 0 Å². The van der Waals surface area contributed by atoms with Crippen molar-refractivity contribution in [3.05, 3.63) is 0 Å². The summed E-state index contributed by atoms with van der Waals surface area (Å²) < 4.78 is 0.505. The van der Waals surface area contributed by atoms with E-state index in [0.717, 1.165) is 19.4 Å². The van der Waals surface area contributed by atoms with Gasteiger partial charge in [-0.05, 0) is 12.8 Å². The van der Waals surface area contributed by atoms with Gasteiger partial charge in [0, 0.05) is 0 Å². The molecular weight excluding hydrogens is 270 g/mol. The lowest BCUT2D eigenvalue weighted by atomic mass is 10.1. The van der Waals surface area contributed by atoms with Crippen LogP contribution in [-0.4, -0.2) is 76.0 Å². The predicted octanol–water partition coefficient (Wildman–Crippen LogP) is 0.641. The van der Waals surface area contributed by atoms with Crippen LogP contribution in [0.4, 0.5) is 0 Å². The van der Waals surface area contributed by atoms with Crippen molar-refractivity contribution in [2.75, 3.05) is 26.7 Å². The minimum Gasteiger partial charge on any atom is -0.387 e. The number of rotatable bonds is 8. The maximum atomic E-state index is 9.94. The summed E-state index contributed by atoms with van der Waals surface area (Å²) in [5, 5.41) is 39.4. The average Bonchev–Trinajstić information content (AvgIpc) is 2.50. The first-order valence-corrected chi connectivity index (χ1v) is 8.45. The second kappa shape index (κ2) is 9.06. The first kappa shape index (κ1) is 18.8. The molecular formula is C16H34NO4+. The molecule has 126 valence electrons. The molecule has 0 amide bonds. The Balaban J connectivity index is 2.34. The number of hydrogen-bond acceptors (Lipinski definition) is 4. The van der Waals surface area contributed by atoms with Crippen LogP contribution >= 0.6 is 0 Å². The van der Waals surface area contributed by atoms with Gasteiger partial charge < -0.3 is 24.9 Å². The highest BCUT2D eigenvalue weighted by molar-refractivity contribution is 4.84. The monoisotopic (exact) mass is 304 g/mol. The predicted molar refractivity (Wildman–Crippen MR) is 82.8 cm³/mol. The number of hydrogen-bond donors (Lipinski definition) is 4. The van der Waals surface area contributed by atoms with Gasteiger partial charge in [0.25, 0.3) is 0 Å². The Bertz CT molecular complexity index is 271. The zero-order valence-corrected chi connectivity index (χ0v) is 13.6. The summed E-state index contributed by atoms with van der Waals surface area (Å²) in [7, 11) is 1.98. The number of nitrogens with zero attached hydrogens (tertiary/aromatic N) is 1. The van der Waals surface area contributed by atoms with Crippen molar-refractivity contribution in [1.82, 2.24) is 0 Å². The van der Waals surface area contributed by atoms with Crippen molar-refractivity contribution in [3.8, 4) is 0 Å². The Morgan fingerprint density at radius 2 is 1.19 bits per heavy atom. The molecule has 1 aliphatic heterocycles. The third-order valence-electron chi connectivity index (χ3n) is 4.70. The van der Waals surface area contributed by atoms with Crippen LogP contribution in [0.5, 0.6) is 0 Å². The second-order valence-corrected chi connectivity index (χ2v) is 6.95. The quantitative estimate of drug-likeness (QED) is 0.392. The average molecular weight is 304 g/mol. The van der Waals surface area contributed by atoms with Crippen molar-refractivity contribution >= 4 is 0 Å². The van der Waals surface area contributed by atoms with E-state index in [1.807, 2.05) is 7.05 Å². The van der Waals surface area contributed by atoms with Crippen molar-refractivity contribution in [2.24, 2.45) is 0 Å². The fraction of sp³-hybridized carbons (Fsp3) is 1.00.